The van der Waals surface area contributed by atoms with Crippen molar-refractivity contribution in [2.24, 2.45) is 0 Å². The first-order chi connectivity index (χ1) is 12.6. The van der Waals surface area contributed by atoms with Crippen molar-refractivity contribution in [2.75, 3.05) is 6.79 Å². The minimum Gasteiger partial charge on any atom is -0.458 e. The molecule has 2 aromatic rings. The first-order valence-corrected chi connectivity index (χ1v) is 8.14. The highest BCUT2D eigenvalue weighted by atomic mass is 16.7. The Kier molecular flexibility index (Phi) is 3.87. The van der Waals surface area contributed by atoms with Crippen LogP contribution in [0.5, 0.6) is 0 Å². The van der Waals surface area contributed by atoms with Gasteiger partial charge in [-0.15, -0.1) is 0 Å². The standard InChI is InChI=1S/C18H15NO7/c1-2-9-6-13-15(25-8-24-13)14-10(9)7-11(16(20)19-14)17(21)26-18(22)12-4-3-5-23-12/h3-5,7,9H,2,6,8H2,1H3,(H,19,20). The van der Waals surface area contributed by atoms with Gasteiger partial charge in [0.15, 0.2) is 5.76 Å². The zero-order valence-corrected chi connectivity index (χ0v) is 13.9. The number of rotatable bonds is 3. The Morgan fingerprint density at radius 3 is 2.88 bits per heavy atom. The van der Waals surface area contributed by atoms with E-state index in [2.05, 4.69) is 4.98 Å². The van der Waals surface area contributed by atoms with Gasteiger partial charge in [-0.25, -0.2) is 9.59 Å². The molecule has 1 atom stereocenters. The fourth-order valence-electron chi connectivity index (χ4n) is 3.16. The zero-order valence-electron chi connectivity index (χ0n) is 13.9. The van der Waals surface area contributed by atoms with Crippen molar-refractivity contribution >= 4 is 17.7 Å². The van der Waals surface area contributed by atoms with E-state index >= 15 is 0 Å². The molecule has 0 spiro atoms. The molecular formula is C18H15NO7. The maximum absolute atomic E-state index is 12.4. The molecular weight excluding hydrogens is 342 g/mol. The third-order valence-corrected chi connectivity index (χ3v) is 4.48. The van der Waals surface area contributed by atoms with E-state index in [0.29, 0.717) is 23.6 Å². The highest BCUT2D eigenvalue weighted by molar-refractivity contribution is 6.01. The Bertz CT molecular complexity index is 968. The lowest BCUT2D eigenvalue weighted by molar-refractivity contribution is 0.0374. The van der Waals surface area contributed by atoms with Gasteiger partial charge in [-0.3, -0.25) is 4.79 Å². The predicted molar refractivity (Wildman–Crippen MR) is 87.1 cm³/mol. The van der Waals surface area contributed by atoms with Crippen molar-refractivity contribution < 1.29 is 28.2 Å². The quantitative estimate of drug-likeness (QED) is 0.664. The van der Waals surface area contributed by atoms with Gasteiger partial charge in [0.05, 0.1) is 12.0 Å². The number of allylic oxidation sites excluding steroid dienone is 1. The maximum Gasteiger partial charge on any atom is 0.382 e. The summed E-state index contributed by atoms with van der Waals surface area (Å²) in [7, 11) is 0. The van der Waals surface area contributed by atoms with E-state index in [4.69, 9.17) is 18.6 Å². The highest BCUT2D eigenvalue weighted by Gasteiger charge is 2.34. The molecule has 1 unspecified atom stereocenters. The van der Waals surface area contributed by atoms with Crippen molar-refractivity contribution in [1.82, 2.24) is 4.98 Å². The molecule has 8 nitrogen and oxygen atoms in total. The Morgan fingerprint density at radius 1 is 1.31 bits per heavy atom. The van der Waals surface area contributed by atoms with Gasteiger partial charge in [0, 0.05) is 6.42 Å². The van der Waals surface area contributed by atoms with E-state index in [9.17, 15) is 14.4 Å². The van der Waals surface area contributed by atoms with Crippen molar-refractivity contribution in [3.63, 3.8) is 0 Å². The van der Waals surface area contributed by atoms with Crippen LogP contribution in [-0.4, -0.2) is 23.7 Å². The minimum atomic E-state index is -1.03. The van der Waals surface area contributed by atoms with Crippen LogP contribution in [0.25, 0.3) is 5.76 Å². The Labute approximate surface area is 147 Å². The van der Waals surface area contributed by atoms with Crippen LogP contribution in [0.2, 0.25) is 0 Å². The SMILES string of the molecule is CCC1CC2=C(OCO2)c2[nH]c(=O)c(C(=O)OC(=O)c3ccco3)cc21. The van der Waals surface area contributed by atoms with Gasteiger partial charge in [0.2, 0.25) is 12.6 Å². The molecule has 1 aliphatic heterocycles. The first-order valence-electron chi connectivity index (χ1n) is 8.14. The summed E-state index contributed by atoms with van der Waals surface area (Å²) < 4.78 is 20.5. The zero-order chi connectivity index (χ0) is 18.3. The number of hydrogen-bond donors (Lipinski definition) is 1. The number of carbonyl (C=O) groups is 2. The van der Waals surface area contributed by atoms with E-state index in [1.165, 1.54) is 24.5 Å². The molecule has 0 saturated carbocycles. The van der Waals surface area contributed by atoms with Gasteiger partial charge in [-0.1, -0.05) is 6.92 Å². The monoisotopic (exact) mass is 357 g/mol. The van der Waals surface area contributed by atoms with Crippen LogP contribution >= 0.6 is 0 Å². The van der Waals surface area contributed by atoms with E-state index in [0.717, 1.165) is 12.0 Å². The van der Waals surface area contributed by atoms with Gasteiger partial charge in [-0.05, 0) is 36.1 Å². The molecule has 8 heteroatoms. The summed E-state index contributed by atoms with van der Waals surface area (Å²) in [5, 5.41) is 0. The van der Waals surface area contributed by atoms with Gasteiger partial charge in [0.25, 0.3) is 5.56 Å². The summed E-state index contributed by atoms with van der Waals surface area (Å²) in [5.41, 5.74) is 0.355. The molecule has 1 N–H and O–H groups in total. The van der Waals surface area contributed by atoms with Crippen molar-refractivity contribution in [2.45, 2.75) is 25.7 Å². The summed E-state index contributed by atoms with van der Waals surface area (Å²) in [4.78, 5) is 39.2. The van der Waals surface area contributed by atoms with Crippen LogP contribution < -0.4 is 5.56 Å². The average Bonchev–Trinajstić information content (AvgIpc) is 3.31. The van der Waals surface area contributed by atoms with E-state index in [-0.39, 0.29) is 24.0 Å². The number of esters is 2. The van der Waals surface area contributed by atoms with Gasteiger partial charge in [0.1, 0.15) is 11.3 Å². The number of ether oxygens (including phenoxy) is 3. The third kappa shape index (κ3) is 2.59. The molecule has 0 amide bonds. The number of aromatic amines is 1. The molecule has 4 rings (SSSR count). The van der Waals surface area contributed by atoms with Crippen LogP contribution in [0.15, 0.2) is 39.4 Å². The molecule has 0 bridgehead atoms. The Hall–Kier alpha value is -3.29. The van der Waals surface area contributed by atoms with Gasteiger partial charge in [-0.2, -0.15) is 0 Å². The number of pyridine rings is 1. The number of fused-ring (bicyclic) bond motifs is 2. The van der Waals surface area contributed by atoms with Crippen molar-refractivity contribution in [3.8, 4) is 0 Å². The van der Waals surface area contributed by atoms with Crippen LogP contribution in [-0.2, 0) is 14.2 Å². The Morgan fingerprint density at radius 2 is 2.15 bits per heavy atom. The molecule has 134 valence electrons. The number of H-pyrrole nitrogens is 1. The van der Waals surface area contributed by atoms with Crippen LogP contribution in [0, 0.1) is 0 Å². The van der Waals surface area contributed by atoms with Gasteiger partial charge < -0.3 is 23.6 Å². The molecule has 26 heavy (non-hydrogen) atoms. The molecule has 1 aliphatic carbocycles. The number of carbonyl (C=O) groups excluding carboxylic acids is 2. The number of nitrogens with one attached hydrogen (secondary N) is 1. The van der Waals surface area contributed by atoms with Gasteiger partial charge >= 0.3 is 11.9 Å². The summed E-state index contributed by atoms with van der Waals surface area (Å²) in [6.07, 6.45) is 2.68. The summed E-state index contributed by atoms with van der Waals surface area (Å²) >= 11 is 0. The smallest absolute Gasteiger partial charge is 0.382 e. The molecule has 3 heterocycles. The summed E-state index contributed by atoms with van der Waals surface area (Å²) in [6, 6.07) is 4.32. The lowest BCUT2D eigenvalue weighted by Crippen LogP contribution is -2.26. The van der Waals surface area contributed by atoms with E-state index in [1.807, 2.05) is 6.92 Å². The number of furan rings is 1. The predicted octanol–water partition coefficient (Wildman–Crippen LogP) is 2.54. The fourth-order valence-corrected chi connectivity index (χ4v) is 3.16. The largest absolute Gasteiger partial charge is 0.458 e. The van der Waals surface area contributed by atoms with E-state index < -0.39 is 17.5 Å². The fraction of sp³-hybridized carbons (Fsp3) is 0.278. The summed E-state index contributed by atoms with van der Waals surface area (Å²) in [6.45, 7) is 2.10. The highest BCUT2D eigenvalue weighted by Crippen LogP contribution is 2.42. The molecule has 0 aromatic carbocycles. The molecule has 0 saturated heterocycles. The third-order valence-electron chi connectivity index (χ3n) is 4.48. The van der Waals surface area contributed by atoms with E-state index in [1.54, 1.807) is 0 Å². The second-order valence-corrected chi connectivity index (χ2v) is 5.96. The normalized spacial score (nSPS) is 17.8. The lowest BCUT2D eigenvalue weighted by Gasteiger charge is -2.23. The molecule has 2 aromatic heterocycles. The summed E-state index contributed by atoms with van der Waals surface area (Å²) in [5.74, 6) is -0.868. The Balaban J connectivity index is 1.69. The minimum absolute atomic E-state index is 0.0506. The molecule has 0 radical (unpaired) electrons. The first kappa shape index (κ1) is 16.2. The van der Waals surface area contributed by atoms with Crippen LogP contribution in [0.1, 0.15) is 57.9 Å². The second kappa shape index (κ2) is 6.21. The number of aromatic nitrogens is 1. The maximum atomic E-state index is 12.4. The van der Waals surface area contributed by atoms with Crippen LogP contribution in [0.4, 0.5) is 0 Å². The van der Waals surface area contributed by atoms with Crippen molar-refractivity contribution in [3.05, 3.63) is 63.2 Å². The number of hydrogen-bond acceptors (Lipinski definition) is 7. The molecule has 2 aliphatic rings. The van der Waals surface area contributed by atoms with Crippen LogP contribution in [0.3, 0.4) is 0 Å². The topological polar surface area (TPSA) is 108 Å². The second-order valence-electron chi connectivity index (χ2n) is 5.96. The average molecular weight is 357 g/mol. The van der Waals surface area contributed by atoms with Crippen molar-refractivity contribution in [1.29, 1.82) is 0 Å². The lowest BCUT2D eigenvalue weighted by atomic mass is 9.85. The molecule has 0 fully saturated rings.